The maximum Gasteiger partial charge on any atom is 0.184 e. The van der Waals surface area contributed by atoms with Crippen LogP contribution in [0.15, 0.2) is 18.2 Å². The third-order valence-corrected chi connectivity index (χ3v) is 2.37. The molecule has 1 heterocycles. The van der Waals surface area contributed by atoms with Crippen LogP contribution < -0.4 is 10.5 Å². The van der Waals surface area contributed by atoms with E-state index in [2.05, 4.69) is 0 Å². The molecular weight excluding hydrogens is 213 g/mol. The minimum absolute atomic E-state index is 0.112. The highest BCUT2D eigenvalue weighted by Gasteiger charge is 2.22. The summed E-state index contributed by atoms with van der Waals surface area (Å²) in [6.07, 6.45) is -0.541. The number of hydrogen-bond donors (Lipinski definition) is 1. The molecule has 1 saturated heterocycles. The van der Waals surface area contributed by atoms with Gasteiger partial charge < -0.3 is 19.9 Å². The highest BCUT2D eigenvalue weighted by atomic mass is 19.1. The third-order valence-electron chi connectivity index (χ3n) is 2.37. The molecule has 1 aliphatic rings. The van der Waals surface area contributed by atoms with E-state index in [0.29, 0.717) is 18.8 Å². The van der Waals surface area contributed by atoms with Gasteiger partial charge in [0.1, 0.15) is 0 Å². The second-order valence-electron chi connectivity index (χ2n) is 3.65. The standard InChI is InChI=1S/C11H14FNO3/c1-14-10-3-2-7(4-9(10)12)11-15-5-8(13)6-16-11/h2-4,8,11H,5-6,13H2,1H3. The maximum absolute atomic E-state index is 13.4. The van der Waals surface area contributed by atoms with Gasteiger partial charge in [0, 0.05) is 5.56 Å². The van der Waals surface area contributed by atoms with Crippen molar-refractivity contribution in [3.8, 4) is 5.75 Å². The molecular formula is C11H14FNO3. The number of halogens is 1. The Kier molecular flexibility index (Phi) is 3.38. The quantitative estimate of drug-likeness (QED) is 0.825. The van der Waals surface area contributed by atoms with Crippen molar-refractivity contribution >= 4 is 0 Å². The van der Waals surface area contributed by atoms with Crippen LogP contribution in [0.5, 0.6) is 5.75 Å². The van der Waals surface area contributed by atoms with Gasteiger partial charge in [0.25, 0.3) is 0 Å². The fourth-order valence-corrected chi connectivity index (χ4v) is 1.54. The first kappa shape index (κ1) is 11.3. The van der Waals surface area contributed by atoms with Crippen LogP contribution in [0.25, 0.3) is 0 Å². The van der Waals surface area contributed by atoms with Gasteiger partial charge in [-0.2, -0.15) is 0 Å². The van der Waals surface area contributed by atoms with Crippen LogP contribution >= 0.6 is 0 Å². The lowest BCUT2D eigenvalue weighted by atomic mass is 10.2. The van der Waals surface area contributed by atoms with E-state index in [4.69, 9.17) is 19.9 Å². The number of rotatable bonds is 2. The number of nitrogens with two attached hydrogens (primary N) is 1. The van der Waals surface area contributed by atoms with Gasteiger partial charge in [-0.25, -0.2) is 4.39 Å². The van der Waals surface area contributed by atoms with Crippen LogP contribution in [0.4, 0.5) is 4.39 Å². The summed E-state index contributed by atoms with van der Waals surface area (Å²) >= 11 is 0. The van der Waals surface area contributed by atoms with Crippen LogP contribution in [-0.4, -0.2) is 26.4 Å². The van der Waals surface area contributed by atoms with Crippen molar-refractivity contribution in [1.82, 2.24) is 0 Å². The normalized spacial score (nSPS) is 25.4. The van der Waals surface area contributed by atoms with Crippen LogP contribution in [0.1, 0.15) is 11.9 Å². The zero-order valence-corrected chi connectivity index (χ0v) is 8.98. The van der Waals surface area contributed by atoms with E-state index in [0.717, 1.165) is 0 Å². The van der Waals surface area contributed by atoms with Gasteiger partial charge in [-0.1, -0.05) is 6.07 Å². The number of benzene rings is 1. The molecule has 0 aliphatic carbocycles. The first-order valence-electron chi connectivity index (χ1n) is 5.03. The van der Waals surface area contributed by atoms with Crippen molar-refractivity contribution in [2.75, 3.05) is 20.3 Å². The summed E-state index contributed by atoms with van der Waals surface area (Å²) in [7, 11) is 1.42. The molecule has 1 fully saturated rings. The smallest absolute Gasteiger partial charge is 0.184 e. The summed E-state index contributed by atoms with van der Waals surface area (Å²) in [5.41, 5.74) is 6.24. The molecule has 16 heavy (non-hydrogen) atoms. The van der Waals surface area contributed by atoms with E-state index < -0.39 is 12.1 Å². The van der Waals surface area contributed by atoms with Gasteiger partial charge in [-0.3, -0.25) is 0 Å². The van der Waals surface area contributed by atoms with Crippen molar-refractivity contribution in [2.24, 2.45) is 5.73 Å². The zero-order valence-electron chi connectivity index (χ0n) is 8.98. The average molecular weight is 227 g/mol. The summed E-state index contributed by atoms with van der Waals surface area (Å²) in [4.78, 5) is 0. The van der Waals surface area contributed by atoms with E-state index in [9.17, 15) is 4.39 Å². The number of methoxy groups -OCH3 is 1. The van der Waals surface area contributed by atoms with Crippen LogP contribution in [-0.2, 0) is 9.47 Å². The molecule has 1 aliphatic heterocycles. The second kappa shape index (κ2) is 4.78. The highest BCUT2D eigenvalue weighted by molar-refractivity contribution is 5.30. The first-order valence-corrected chi connectivity index (χ1v) is 5.03. The van der Waals surface area contributed by atoms with E-state index in [1.807, 2.05) is 0 Å². The minimum Gasteiger partial charge on any atom is -0.494 e. The zero-order chi connectivity index (χ0) is 11.5. The van der Waals surface area contributed by atoms with Crippen molar-refractivity contribution in [3.63, 3.8) is 0 Å². The maximum atomic E-state index is 13.4. The predicted molar refractivity (Wildman–Crippen MR) is 55.6 cm³/mol. The topological polar surface area (TPSA) is 53.7 Å². The first-order chi connectivity index (χ1) is 7.70. The molecule has 2 N–H and O–H groups in total. The van der Waals surface area contributed by atoms with Crippen molar-refractivity contribution < 1.29 is 18.6 Å². The summed E-state index contributed by atoms with van der Waals surface area (Å²) in [6, 6.07) is 4.50. The summed E-state index contributed by atoms with van der Waals surface area (Å²) in [5.74, 6) is -0.224. The van der Waals surface area contributed by atoms with Crippen molar-refractivity contribution in [3.05, 3.63) is 29.6 Å². The van der Waals surface area contributed by atoms with Gasteiger partial charge in [0.2, 0.25) is 0 Å². The predicted octanol–water partition coefficient (Wildman–Crippen LogP) is 1.21. The highest BCUT2D eigenvalue weighted by Crippen LogP contribution is 2.26. The summed E-state index contributed by atoms with van der Waals surface area (Å²) in [6.45, 7) is 0.830. The molecule has 0 unspecified atom stereocenters. The van der Waals surface area contributed by atoms with Gasteiger partial charge in [0.05, 0.1) is 26.4 Å². The molecule has 4 nitrogen and oxygen atoms in total. The van der Waals surface area contributed by atoms with E-state index >= 15 is 0 Å². The molecule has 0 aromatic heterocycles. The third kappa shape index (κ3) is 2.32. The fraction of sp³-hybridized carbons (Fsp3) is 0.455. The van der Waals surface area contributed by atoms with Gasteiger partial charge in [-0.15, -0.1) is 0 Å². The van der Waals surface area contributed by atoms with Gasteiger partial charge in [0.15, 0.2) is 17.9 Å². The monoisotopic (exact) mass is 227 g/mol. The fourth-order valence-electron chi connectivity index (χ4n) is 1.54. The Morgan fingerprint density at radius 3 is 2.62 bits per heavy atom. The molecule has 1 aromatic carbocycles. The molecule has 0 saturated carbocycles. The van der Waals surface area contributed by atoms with Crippen molar-refractivity contribution in [1.29, 1.82) is 0 Å². The molecule has 0 spiro atoms. The van der Waals surface area contributed by atoms with Gasteiger partial charge in [-0.05, 0) is 12.1 Å². The molecule has 1 aromatic rings. The minimum atomic E-state index is -0.541. The number of ether oxygens (including phenoxy) is 3. The van der Waals surface area contributed by atoms with Crippen LogP contribution in [0, 0.1) is 5.82 Å². The van der Waals surface area contributed by atoms with Gasteiger partial charge >= 0.3 is 0 Å². The van der Waals surface area contributed by atoms with E-state index in [-0.39, 0.29) is 11.8 Å². The summed E-state index contributed by atoms with van der Waals surface area (Å²) in [5, 5.41) is 0. The average Bonchev–Trinajstić information content (AvgIpc) is 2.30. The Balaban J connectivity index is 2.12. The van der Waals surface area contributed by atoms with Crippen LogP contribution in [0.3, 0.4) is 0 Å². The molecule has 0 radical (unpaired) electrons. The Hall–Kier alpha value is -1.17. The van der Waals surface area contributed by atoms with E-state index in [1.54, 1.807) is 12.1 Å². The lowest BCUT2D eigenvalue weighted by Crippen LogP contribution is -2.37. The molecule has 0 atom stereocenters. The second-order valence-corrected chi connectivity index (χ2v) is 3.65. The molecule has 2 rings (SSSR count). The Bertz CT molecular complexity index is 364. The molecule has 5 heteroatoms. The summed E-state index contributed by atoms with van der Waals surface area (Å²) < 4.78 is 28.9. The van der Waals surface area contributed by atoms with Crippen molar-refractivity contribution in [2.45, 2.75) is 12.3 Å². The lowest BCUT2D eigenvalue weighted by Gasteiger charge is -2.27. The molecule has 0 amide bonds. The lowest BCUT2D eigenvalue weighted by molar-refractivity contribution is -0.190. The Labute approximate surface area is 93.1 Å². The molecule has 0 bridgehead atoms. The Morgan fingerprint density at radius 2 is 2.06 bits per heavy atom. The van der Waals surface area contributed by atoms with Crippen LogP contribution in [0.2, 0.25) is 0 Å². The number of hydrogen-bond acceptors (Lipinski definition) is 4. The largest absolute Gasteiger partial charge is 0.494 e. The molecule has 88 valence electrons. The SMILES string of the molecule is COc1ccc(C2OCC(N)CO2)cc1F. The Morgan fingerprint density at radius 1 is 1.38 bits per heavy atom. The van der Waals surface area contributed by atoms with E-state index in [1.165, 1.54) is 13.2 Å².